The van der Waals surface area contributed by atoms with Gasteiger partial charge in [0.1, 0.15) is 5.02 Å². The Balaban J connectivity index is 1.55. The van der Waals surface area contributed by atoms with Crippen LogP contribution >= 0.6 is 34.8 Å². The highest BCUT2D eigenvalue weighted by Crippen LogP contribution is 2.31. The molecule has 4 rings (SSSR count). The summed E-state index contributed by atoms with van der Waals surface area (Å²) in [5.74, 6) is 0.407. The predicted molar refractivity (Wildman–Crippen MR) is 118 cm³/mol. The summed E-state index contributed by atoms with van der Waals surface area (Å²) in [6.07, 6.45) is 2.97. The van der Waals surface area contributed by atoms with Gasteiger partial charge in [-0.25, -0.2) is 18.4 Å². The van der Waals surface area contributed by atoms with Crippen LogP contribution in [-0.2, 0) is 10.0 Å². The maximum atomic E-state index is 12.6. The Morgan fingerprint density at radius 2 is 1.57 bits per heavy atom. The smallest absolute Gasteiger partial charge is 0.261 e. The van der Waals surface area contributed by atoms with Crippen molar-refractivity contribution in [2.24, 2.45) is 0 Å². The number of nitrogens with one attached hydrogen (secondary N) is 1. The second kappa shape index (κ2) is 8.28. The van der Waals surface area contributed by atoms with E-state index in [-0.39, 0.29) is 31.5 Å². The van der Waals surface area contributed by atoms with Gasteiger partial charge in [-0.05, 0) is 29.7 Å². The first-order chi connectivity index (χ1) is 14.3. The molecule has 0 saturated carbocycles. The molecule has 0 aliphatic heterocycles. The molecule has 10 heteroatoms. The molecule has 2 aromatic carbocycles. The lowest BCUT2D eigenvalue weighted by Crippen LogP contribution is -2.13. The van der Waals surface area contributed by atoms with Crippen molar-refractivity contribution in [2.45, 2.75) is 4.90 Å². The molecule has 2 aromatic heterocycles. The van der Waals surface area contributed by atoms with Crippen LogP contribution < -0.4 is 9.46 Å². The number of hydrogen-bond donors (Lipinski definition) is 1. The summed E-state index contributed by atoms with van der Waals surface area (Å²) >= 11 is 18.0. The van der Waals surface area contributed by atoms with Crippen LogP contribution in [0.2, 0.25) is 15.1 Å². The fourth-order valence-corrected chi connectivity index (χ4v) is 4.26. The monoisotopic (exact) mass is 479 g/mol. The molecule has 2 heterocycles. The summed E-state index contributed by atoms with van der Waals surface area (Å²) in [6, 6.07) is 14.8. The van der Waals surface area contributed by atoms with Gasteiger partial charge in [0, 0.05) is 17.6 Å². The highest BCUT2D eigenvalue weighted by molar-refractivity contribution is 7.92. The third kappa shape index (κ3) is 4.44. The molecule has 0 radical (unpaired) electrons. The standard InChI is InChI=1S/C20H12Cl3N3O3S/c21-16-6-5-15(9-17(16)22)30(27,28)26-14-8-18(23)20(25-11-14)29-19-7-12-3-1-2-4-13(12)10-24-19/h1-11,26H. The molecular formula is C20H12Cl3N3O3S. The summed E-state index contributed by atoms with van der Waals surface area (Å²) in [7, 11) is -3.91. The van der Waals surface area contributed by atoms with Gasteiger partial charge in [-0.15, -0.1) is 0 Å². The van der Waals surface area contributed by atoms with Crippen molar-refractivity contribution in [1.82, 2.24) is 9.97 Å². The minimum atomic E-state index is -3.91. The van der Waals surface area contributed by atoms with Crippen molar-refractivity contribution < 1.29 is 13.2 Å². The highest BCUT2D eigenvalue weighted by atomic mass is 35.5. The summed E-state index contributed by atoms with van der Waals surface area (Å²) < 4.78 is 33.1. The predicted octanol–water partition coefficient (Wildman–Crippen LogP) is 6.18. The van der Waals surface area contributed by atoms with Gasteiger partial charge >= 0.3 is 0 Å². The number of rotatable bonds is 5. The maximum absolute atomic E-state index is 12.6. The van der Waals surface area contributed by atoms with Gasteiger partial charge in [0.05, 0.1) is 26.8 Å². The Hall–Kier alpha value is -2.58. The fraction of sp³-hybridized carbons (Fsp3) is 0. The molecular weight excluding hydrogens is 469 g/mol. The molecule has 4 aromatic rings. The summed E-state index contributed by atoms with van der Waals surface area (Å²) in [4.78, 5) is 8.27. The molecule has 6 nitrogen and oxygen atoms in total. The second-order valence-electron chi connectivity index (χ2n) is 6.16. The number of pyridine rings is 2. The van der Waals surface area contributed by atoms with Gasteiger partial charge in [-0.2, -0.15) is 0 Å². The zero-order chi connectivity index (χ0) is 21.3. The molecule has 0 unspecified atom stereocenters. The van der Waals surface area contributed by atoms with Crippen LogP contribution in [0.15, 0.2) is 71.9 Å². The Labute approximate surface area is 187 Å². The van der Waals surface area contributed by atoms with Crippen LogP contribution in [0.4, 0.5) is 5.69 Å². The van der Waals surface area contributed by atoms with E-state index in [4.69, 9.17) is 39.5 Å². The van der Waals surface area contributed by atoms with E-state index in [1.807, 2.05) is 24.3 Å². The van der Waals surface area contributed by atoms with Gasteiger partial charge in [0.15, 0.2) is 0 Å². The van der Waals surface area contributed by atoms with Crippen LogP contribution in [0.5, 0.6) is 11.8 Å². The first-order valence-electron chi connectivity index (χ1n) is 8.48. The molecule has 0 aliphatic carbocycles. The van der Waals surface area contributed by atoms with E-state index in [1.165, 1.54) is 30.5 Å². The molecule has 0 aliphatic rings. The van der Waals surface area contributed by atoms with Crippen LogP contribution in [0.25, 0.3) is 10.8 Å². The summed E-state index contributed by atoms with van der Waals surface area (Å²) in [6.45, 7) is 0. The highest BCUT2D eigenvalue weighted by Gasteiger charge is 2.17. The average molecular weight is 481 g/mol. The minimum absolute atomic E-state index is 0.0475. The lowest BCUT2D eigenvalue weighted by atomic mass is 10.2. The second-order valence-corrected chi connectivity index (χ2v) is 9.07. The third-order valence-corrected chi connectivity index (χ3v) is 6.46. The van der Waals surface area contributed by atoms with E-state index in [9.17, 15) is 8.42 Å². The van der Waals surface area contributed by atoms with Crippen molar-refractivity contribution in [3.63, 3.8) is 0 Å². The van der Waals surface area contributed by atoms with E-state index in [0.29, 0.717) is 5.88 Å². The van der Waals surface area contributed by atoms with E-state index in [2.05, 4.69) is 14.7 Å². The molecule has 1 N–H and O–H groups in total. The first-order valence-corrected chi connectivity index (χ1v) is 11.1. The zero-order valence-corrected chi connectivity index (χ0v) is 18.1. The Morgan fingerprint density at radius 1 is 0.800 bits per heavy atom. The maximum Gasteiger partial charge on any atom is 0.261 e. The van der Waals surface area contributed by atoms with Gasteiger partial charge < -0.3 is 4.74 Å². The van der Waals surface area contributed by atoms with Crippen LogP contribution in [0, 0.1) is 0 Å². The normalized spacial score (nSPS) is 11.4. The summed E-state index contributed by atoms with van der Waals surface area (Å²) in [5, 5.41) is 2.41. The molecule has 0 amide bonds. The number of benzene rings is 2. The van der Waals surface area contributed by atoms with Gasteiger partial charge in [-0.3, -0.25) is 4.72 Å². The number of halogens is 3. The number of fused-ring (bicyclic) bond motifs is 1. The van der Waals surface area contributed by atoms with Crippen molar-refractivity contribution in [3.8, 4) is 11.8 Å². The number of nitrogens with zero attached hydrogens (tertiary/aromatic N) is 2. The third-order valence-electron chi connectivity index (χ3n) is 4.07. The number of sulfonamides is 1. The van der Waals surface area contributed by atoms with E-state index in [1.54, 1.807) is 12.3 Å². The molecule has 0 atom stereocenters. The Morgan fingerprint density at radius 3 is 2.30 bits per heavy atom. The van der Waals surface area contributed by atoms with E-state index in [0.717, 1.165) is 10.8 Å². The van der Waals surface area contributed by atoms with Crippen LogP contribution in [-0.4, -0.2) is 18.4 Å². The largest absolute Gasteiger partial charge is 0.419 e. The van der Waals surface area contributed by atoms with Gasteiger partial charge in [-0.1, -0.05) is 59.1 Å². The van der Waals surface area contributed by atoms with Crippen molar-refractivity contribution >= 4 is 61.3 Å². The first kappa shape index (κ1) is 20.7. The molecule has 0 saturated heterocycles. The average Bonchev–Trinajstić information content (AvgIpc) is 2.71. The van der Waals surface area contributed by atoms with Gasteiger partial charge in [0.2, 0.25) is 11.8 Å². The van der Waals surface area contributed by atoms with Crippen molar-refractivity contribution in [1.29, 1.82) is 0 Å². The topological polar surface area (TPSA) is 81.2 Å². The molecule has 152 valence electrons. The lowest BCUT2D eigenvalue weighted by Gasteiger charge is -2.11. The molecule has 0 spiro atoms. The Kier molecular flexibility index (Phi) is 5.71. The number of hydrogen-bond acceptors (Lipinski definition) is 5. The van der Waals surface area contributed by atoms with Crippen molar-refractivity contribution in [3.05, 3.63) is 82.1 Å². The summed E-state index contributed by atoms with van der Waals surface area (Å²) in [5.41, 5.74) is 0.157. The van der Waals surface area contributed by atoms with Crippen LogP contribution in [0.1, 0.15) is 0 Å². The van der Waals surface area contributed by atoms with Crippen molar-refractivity contribution in [2.75, 3.05) is 4.72 Å². The SMILES string of the molecule is O=S(=O)(Nc1cnc(Oc2cc3ccccc3cn2)c(Cl)c1)c1ccc(Cl)c(Cl)c1. The number of ether oxygens (including phenoxy) is 1. The quantitative estimate of drug-likeness (QED) is 0.369. The number of anilines is 1. The number of aromatic nitrogens is 2. The lowest BCUT2D eigenvalue weighted by molar-refractivity contribution is 0.446. The Bertz CT molecular complexity index is 1360. The van der Waals surface area contributed by atoms with Gasteiger partial charge in [0.25, 0.3) is 10.0 Å². The fourth-order valence-electron chi connectivity index (χ4n) is 2.63. The molecule has 0 fully saturated rings. The van der Waals surface area contributed by atoms with Crippen LogP contribution in [0.3, 0.4) is 0 Å². The minimum Gasteiger partial charge on any atom is -0.419 e. The van der Waals surface area contributed by atoms with E-state index < -0.39 is 10.0 Å². The molecule has 0 bridgehead atoms. The molecule has 30 heavy (non-hydrogen) atoms. The zero-order valence-electron chi connectivity index (χ0n) is 15.0. The van der Waals surface area contributed by atoms with E-state index >= 15 is 0 Å².